The summed E-state index contributed by atoms with van der Waals surface area (Å²) in [6, 6.07) is 0. The van der Waals surface area contributed by atoms with Gasteiger partial charge in [0.2, 0.25) is 0 Å². The molecular weight excluding hydrogens is 214 g/mol. The van der Waals surface area contributed by atoms with Crippen molar-refractivity contribution < 1.29 is 8.42 Å². The zero-order valence-corrected chi connectivity index (χ0v) is 9.92. The predicted octanol–water partition coefficient (Wildman–Crippen LogP) is -0.310. The van der Waals surface area contributed by atoms with Crippen LogP contribution in [0, 0.1) is 0 Å². The number of rotatable bonds is 6. The van der Waals surface area contributed by atoms with Crippen LogP contribution in [0.2, 0.25) is 0 Å². The molecule has 1 N–H and O–H groups in total. The van der Waals surface area contributed by atoms with Gasteiger partial charge in [-0.25, -0.2) is 13.4 Å². The molecule has 0 aliphatic heterocycles. The first kappa shape index (κ1) is 12.2. The third-order valence-corrected chi connectivity index (χ3v) is 2.96. The van der Waals surface area contributed by atoms with Gasteiger partial charge in [0, 0.05) is 32.0 Å². The topological polar surface area (TPSA) is 64.0 Å². The van der Waals surface area contributed by atoms with Gasteiger partial charge in [-0.2, -0.15) is 0 Å². The monoisotopic (exact) mass is 231 g/mol. The van der Waals surface area contributed by atoms with E-state index in [0.29, 0.717) is 6.54 Å². The summed E-state index contributed by atoms with van der Waals surface area (Å²) in [5, 5.41) is 3.04. The summed E-state index contributed by atoms with van der Waals surface area (Å²) in [6.07, 6.45) is 5.67. The smallest absolute Gasteiger partial charge is 0.149 e. The fourth-order valence-electron chi connectivity index (χ4n) is 1.18. The molecule has 6 heteroatoms. The molecule has 5 nitrogen and oxygen atoms in total. The van der Waals surface area contributed by atoms with Crippen LogP contribution < -0.4 is 5.32 Å². The van der Waals surface area contributed by atoms with Gasteiger partial charge in [-0.15, -0.1) is 0 Å². The summed E-state index contributed by atoms with van der Waals surface area (Å²) in [7, 11) is -1.00. The van der Waals surface area contributed by atoms with Crippen LogP contribution >= 0.6 is 0 Å². The second-order valence-electron chi connectivity index (χ2n) is 3.59. The van der Waals surface area contributed by atoms with Gasteiger partial charge in [-0.1, -0.05) is 0 Å². The van der Waals surface area contributed by atoms with Gasteiger partial charge in [0.25, 0.3) is 0 Å². The molecule has 0 radical (unpaired) electrons. The van der Waals surface area contributed by atoms with Gasteiger partial charge < -0.3 is 9.88 Å². The van der Waals surface area contributed by atoms with Crippen molar-refractivity contribution in [1.29, 1.82) is 0 Å². The van der Waals surface area contributed by atoms with E-state index < -0.39 is 9.84 Å². The third-order valence-electron chi connectivity index (χ3n) is 2.04. The van der Waals surface area contributed by atoms with Crippen molar-refractivity contribution in [3.63, 3.8) is 0 Å². The number of hydrogen-bond acceptors (Lipinski definition) is 4. The van der Waals surface area contributed by atoms with E-state index in [1.807, 2.05) is 17.8 Å². The van der Waals surface area contributed by atoms with Crippen LogP contribution in [0.15, 0.2) is 12.5 Å². The van der Waals surface area contributed by atoms with Crippen LogP contribution in [-0.2, 0) is 22.8 Å². The first-order valence-electron chi connectivity index (χ1n) is 4.84. The molecule has 0 aliphatic carbocycles. The highest BCUT2D eigenvalue weighted by Crippen LogP contribution is 1.98. The molecule has 1 rings (SSSR count). The van der Waals surface area contributed by atoms with E-state index in [-0.39, 0.29) is 5.75 Å². The van der Waals surface area contributed by atoms with Crippen molar-refractivity contribution in [3.8, 4) is 0 Å². The maximum absolute atomic E-state index is 10.9. The maximum atomic E-state index is 10.9. The van der Waals surface area contributed by atoms with Gasteiger partial charge in [-0.3, -0.25) is 0 Å². The highest BCUT2D eigenvalue weighted by atomic mass is 32.2. The second-order valence-corrected chi connectivity index (χ2v) is 5.85. The normalized spacial score (nSPS) is 11.9. The SMILES string of the molecule is CNCCc1cn(CCS(C)(=O)=O)cn1. The molecule has 15 heavy (non-hydrogen) atoms. The Morgan fingerprint density at radius 2 is 2.27 bits per heavy atom. The molecule has 0 fully saturated rings. The zero-order chi connectivity index (χ0) is 11.3. The summed E-state index contributed by atoms with van der Waals surface area (Å²) in [4.78, 5) is 4.18. The van der Waals surface area contributed by atoms with Gasteiger partial charge in [0.1, 0.15) is 9.84 Å². The van der Waals surface area contributed by atoms with Gasteiger partial charge in [0.05, 0.1) is 17.8 Å². The van der Waals surface area contributed by atoms with Crippen LogP contribution in [0.1, 0.15) is 5.69 Å². The van der Waals surface area contributed by atoms with E-state index >= 15 is 0 Å². The van der Waals surface area contributed by atoms with Crippen LogP contribution in [0.3, 0.4) is 0 Å². The molecular formula is C9H17N3O2S. The van der Waals surface area contributed by atoms with E-state index in [2.05, 4.69) is 10.3 Å². The molecule has 0 bridgehead atoms. The number of likely N-dealkylation sites (N-methyl/N-ethyl adjacent to an activating group) is 1. The molecule has 0 saturated carbocycles. The fraction of sp³-hybridized carbons (Fsp3) is 0.667. The molecule has 0 atom stereocenters. The number of imidazole rings is 1. The molecule has 1 aromatic rings. The lowest BCUT2D eigenvalue weighted by molar-refractivity contribution is 0.594. The van der Waals surface area contributed by atoms with Crippen LogP contribution in [0.5, 0.6) is 0 Å². The molecule has 0 amide bonds. The van der Waals surface area contributed by atoms with Crippen molar-refractivity contribution in [2.75, 3.05) is 25.6 Å². The number of nitrogens with zero attached hydrogens (tertiary/aromatic N) is 2. The minimum atomic E-state index is -2.89. The first-order chi connectivity index (χ1) is 7.01. The molecule has 0 unspecified atom stereocenters. The molecule has 1 heterocycles. The van der Waals surface area contributed by atoms with Gasteiger partial charge >= 0.3 is 0 Å². The summed E-state index contributed by atoms with van der Waals surface area (Å²) >= 11 is 0. The Morgan fingerprint density at radius 1 is 1.53 bits per heavy atom. The van der Waals surface area contributed by atoms with Crippen molar-refractivity contribution in [1.82, 2.24) is 14.9 Å². The molecule has 0 spiro atoms. The number of sulfone groups is 1. The van der Waals surface area contributed by atoms with E-state index in [1.165, 1.54) is 6.26 Å². The minimum absolute atomic E-state index is 0.162. The Labute approximate surface area is 90.4 Å². The van der Waals surface area contributed by atoms with Crippen molar-refractivity contribution >= 4 is 9.84 Å². The molecule has 0 saturated heterocycles. The van der Waals surface area contributed by atoms with Gasteiger partial charge in [0.15, 0.2) is 0 Å². The average Bonchev–Trinajstić information content (AvgIpc) is 2.58. The predicted molar refractivity (Wildman–Crippen MR) is 59.6 cm³/mol. The maximum Gasteiger partial charge on any atom is 0.149 e. The number of aromatic nitrogens is 2. The molecule has 0 aliphatic rings. The Morgan fingerprint density at radius 3 is 2.87 bits per heavy atom. The minimum Gasteiger partial charge on any atom is -0.336 e. The zero-order valence-electron chi connectivity index (χ0n) is 9.10. The Balaban J connectivity index is 2.46. The Hall–Kier alpha value is -0.880. The summed E-state index contributed by atoms with van der Waals surface area (Å²) in [5.74, 6) is 0.162. The van der Waals surface area contributed by atoms with Crippen molar-refractivity contribution in [3.05, 3.63) is 18.2 Å². The lowest BCUT2D eigenvalue weighted by Gasteiger charge is -1.99. The highest BCUT2D eigenvalue weighted by Gasteiger charge is 2.03. The summed E-state index contributed by atoms with van der Waals surface area (Å²) < 4.78 is 23.7. The number of nitrogens with one attached hydrogen (secondary N) is 1. The third kappa shape index (κ3) is 4.94. The lowest BCUT2D eigenvalue weighted by atomic mass is 10.3. The Kier molecular flexibility index (Phi) is 4.28. The van der Waals surface area contributed by atoms with Gasteiger partial charge in [-0.05, 0) is 7.05 Å². The molecule has 0 aromatic carbocycles. The van der Waals surface area contributed by atoms with Crippen LogP contribution in [-0.4, -0.2) is 43.6 Å². The van der Waals surface area contributed by atoms with Crippen molar-refractivity contribution in [2.45, 2.75) is 13.0 Å². The summed E-state index contributed by atoms with van der Waals surface area (Å²) in [6.45, 7) is 1.36. The first-order valence-corrected chi connectivity index (χ1v) is 6.90. The van der Waals surface area contributed by atoms with Crippen LogP contribution in [0.25, 0.3) is 0 Å². The molecule has 1 aromatic heterocycles. The van der Waals surface area contributed by atoms with E-state index in [4.69, 9.17) is 0 Å². The largest absolute Gasteiger partial charge is 0.336 e. The van der Waals surface area contributed by atoms with E-state index in [0.717, 1.165) is 18.7 Å². The van der Waals surface area contributed by atoms with Crippen molar-refractivity contribution in [2.24, 2.45) is 0 Å². The number of hydrogen-bond donors (Lipinski definition) is 1. The Bertz CT molecular complexity index is 397. The van der Waals surface area contributed by atoms with E-state index in [9.17, 15) is 8.42 Å². The quantitative estimate of drug-likeness (QED) is 0.729. The number of aryl methyl sites for hydroxylation is 1. The van der Waals surface area contributed by atoms with E-state index in [1.54, 1.807) is 6.33 Å². The lowest BCUT2D eigenvalue weighted by Crippen LogP contribution is -2.11. The second kappa shape index (κ2) is 5.27. The molecule has 86 valence electrons. The van der Waals surface area contributed by atoms with Crippen LogP contribution in [0.4, 0.5) is 0 Å². The summed E-state index contributed by atoms with van der Waals surface area (Å²) in [5.41, 5.74) is 0.984. The fourth-order valence-corrected chi connectivity index (χ4v) is 1.72. The standard InChI is InChI=1S/C9H17N3O2S/c1-10-4-3-9-7-12(8-11-9)5-6-15(2,13)14/h7-8,10H,3-6H2,1-2H3. The average molecular weight is 231 g/mol. The highest BCUT2D eigenvalue weighted by molar-refractivity contribution is 7.90.